The molecule has 0 fully saturated rings. The van der Waals surface area contributed by atoms with Crippen molar-refractivity contribution in [1.82, 2.24) is 0 Å². The van der Waals surface area contributed by atoms with Crippen LogP contribution in [0, 0.1) is 0 Å². The molecular formula is C60H86O6. The van der Waals surface area contributed by atoms with E-state index in [9.17, 15) is 14.4 Å². The number of rotatable bonds is 41. The summed E-state index contributed by atoms with van der Waals surface area (Å²) in [7, 11) is 0. The smallest absolute Gasteiger partial charge is 0.306 e. The highest BCUT2D eigenvalue weighted by molar-refractivity contribution is 5.71. The Morgan fingerprint density at radius 2 is 0.515 bits per heavy atom. The van der Waals surface area contributed by atoms with Crippen molar-refractivity contribution < 1.29 is 28.6 Å². The lowest BCUT2D eigenvalue weighted by Gasteiger charge is -2.18. The second-order valence-corrected chi connectivity index (χ2v) is 15.3. The maximum Gasteiger partial charge on any atom is 0.306 e. The van der Waals surface area contributed by atoms with Crippen molar-refractivity contribution in [3.63, 3.8) is 0 Å². The standard InChI is InChI=1S/C60H86O6/c1-4-7-10-13-16-19-22-25-28-31-34-37-40-43-46-49-52-58(61)64-55-57(66-60(63)54-51-48-45-42-39-36-33-30-27-24-21-18-15-12-9-6-3)56-65-59(62)53-50-47-44-41-38-35-32-29-26-23-20-17-14-11-8-5-2/h4-9,13-18,22-27,31-36,40-45,57H,10-12,19-21,28-30,37-39,46-56H2,1-3H3/b7-4+,8-5+,9-6+,16-13+,17-14+,18-15+,25-22+,26-23+,27-24+,34-31+,35-32+,36-33+,43-40+,44-41+,45-42+. The first kappa shape index (κ1) is 60.5. The van der Waals surface area contributed by atoms with Gasteiger partial charge >= 0.3 is 17.9 Å². The zero-order valence-corrected chi connectivity index (χ0v) is 41.1. The fourth-order valence-corrected chi connectivity index (χ4v) is 5.70. The maximum atomic E-state index is 12.8. The molecule has 0 rings (SSSR count). The van der Waals surface area contributed by atoms with Crippen LogP contribution in [0.25, 0.3) is 0 Å². The van der Waals surface area contributed by atoms with Crippen LogP contribution in [-0.2, 0) is 28.6 Å². The van der Waals surface area contributed by atoms with Gasteiger partial charge in [-0.3, -0.25) is 14.4 Å². The van der Waals surface area contributed by atoms with Gasteiger partial charge in [-0.2, -0.15) is 0 Å². The average molecular weight is 903 g/mol. The van der Waals surface area contributed by atoms with E-state index in [0.717, 1.165) is 96.3 Å². The summed E-state index contributed by atoms with van der Waals surface area (Å²) in [6.45, 7) is 5.77. The van der Waals surface area contributed by atoms with Crippen molar-refractivity contribution in [3.8, 4) is 0 Å². The molecule has 0 aliphatic heterocycles. The minimum Gasteiger partial charge on any atom is -0.462 e. The van der Waals surface area contributed by atoms with Crippen molar-refractivity contribution in [1.29, 1.82) is 0 Å². The summed E-state index contributed by atoms with van der Waals surface area (Å²) in [6, 6.07) is 0. The molecule has 0 saturated carbocycles. The molecule has 0 bridgehead atoms. The second-order valence-electron chi connectivity index (χ2n) is 15.3. The first-order valence-electron chi connectivity index (χ1n) is 24.7. The fourth-order valence-electron chi connectivity index (χ4n) is 5.70. The van der Waals surface area contributed by atoms with Gasteiger partial charge in [-0.1, -0.05) is 182 Å². The molecule has 0 aromatic heterocycles. The van der Waals surface area contributed by atoms with E-state index in [0.29, 0.717) is 19.3 Å². The minimum absolute atomic E-state index is 0.159. The number of carbonyl (C=O) groups excluding carboxylic acids is 3. The van der Waals surface area contributed by atoms with Crippen molar-refractivity contribution in [2.45, 2.75) is 162 Å². The molecule has 0 unspecified atom stereocenters. The van der Waals surface area contributed by atoms with Crippen molar-refractivity contribution in [2.24, 2.45) is 0 Å². The van der Waals surface area contributed by atoms with Crippen molar-refractivity contribution in [3.05, 3.63) is 182 Å². The molecule has 362 valence electrons. The van der Waals surface area contributed by atoms with Gasteiger partial charge in [0.05, 0.1) is 0 Å². The Kier molecular flexibility index (Phi) is 47.8. The molecule has 0 atom stereocenters. The van der Waals surface area contributed by atoms with E-state index in [-0.39, 0.29) is 44.4 Å². The van der Waals surface area contributed by atoms with Crippen LogP contribution in [0.15, 0.2) is 182 Å². The Morgan fingerprint density at radius 1 is 0.303 bits per heavy atom. The maximum absolute atomic E-state index is 12.8. The lowest BCUT2D eigenvalue weighted by Crippen LogP contribution is -2.30. The molecule has 0 aliphatic rings. The summed E-state index contributed by atoms with van der Waals surface area (Å²) >= 11 is 0. The highest BCUT2D eigenvalue weighted by Crippen LogP contribution is 2.08. The van der Waals surface area contributed by atoms with Crippen molar-refractivity contribution in [2.75, 3.05) is 13.2 Å². The second kappa shape index (κ2) is 52.1. The monoisotopic (exact) mass is 903 g/mol. The van der Waals surface area contributed by atoms with E-state index in [1.807, 2.05) is 20.8 Å². The van der Waals surface area contributed by atoms with Gasteiger partial charge in [0.1, 0.15) is 13.2 Å². The summed E-state index contributed by atoms with van der Waals surface area (Å²) in [5, 5.41) is 0. The van der Waals surface area contributed by atoms with Gasteiger partial charge in [-0.25, -0.2) is 0 Å². The predicted octanol–water partition coefficient (Wildman–Crippen LogP) is 16.6. The van der Waals surface area contributed by atoms with E-state index in [1.54, 1.807) is 0 Å². The minimum atomic E-state index is -0.864. The average Bonchev–Trinajstić information content (AvgIpc) is 3.31. The Balaban J connectivity index is 4.71. The van der Waals surface area contributed by atoms with E-state index in [4.69, 9.17) is 14.2 Å². The highest BCUT2D eigenvalue weighted by Gasteiger charge is 2.19. The number of hydrogen-bond donors (Lipinski definition) is 0. The fraction of sp³-hybridized carbons (Fsp3) is 0.450. The molecule has 0 heterocycles. The molecule has 0 aromatic carbocycles. The van der Waals surface area contributed by atoms with Gasteiger partial charge in [0.15, 0.2) is 6.10 Å². The van der Waals surface area contributed by atoms with Crippen LogP contribution in [0.4, 0.5) is 0 Å². The molecule has 0 aliphatic carbocycles. The van der Waals surface area contributed by atoms with E-state index in [1.165, 1.54) is 0 Å². The predicted molar refractivity (Wildman–Crippen MR) is 283 cm³/mol. The Labute approximate surface area is 402 Å². The summed E-state index contributed by atoms with van der Waals surface area (Å²) in [6.07, 6.45) is 79.2. The van der Waals surface area contributed by atoms with Crippen LogP contribution in [-0.4, -0.2) is 37.2 Å². The lowest BCUT2D eigenvalue weighted by atomic mass is 10.2. The largest absolute Gasteiger partial charge is 0.462 e. The highest BCUT2D eigenvalue weighted by atomic mass is 16.6. The first-order valence-corrected chi connectivity index (χ1v) is 24.7. The molecule has 6 heteroatoms. The third-order valence-electron chi connectivity index (χ3n) is 9.39. The summed E-state index contributed by atoms with van der Waals surface area (Å²) in [5.41, 5.74) is 0. The van der Waals surface area contributed by atoms with Gasteiger partial charge < -0.3 is 14.2 Å². The topological polar surface area (TPSA) is 78.9 Å². The van der Waals surface area contributed by atoms with Gasteiger partial charge in [-0.15, -0.1) is 0 Å². The molecule has 0 saturated heterocycles. The summed E-state index contributed by atoms with van der Waals surface area (Å²) in [4.78, 5) is 37.9. The lowest BCUT2D eigenvalue weighted by molar-refractivity contribution is -0.166. The Hall–Kier alpha value is -5.49. The zero-order chi connectivity index (χ0) is 47.9. The number of allylic oxidation sites excluding steroid dienone is 30. The molecule has 0 spiro atoms. The number of unbranched alkanes of at least 4 members (excludes halogenated alkanes) is 3. The normalized spacial score (nSPS) is 13.3. The van der Waals surface area contributed by atoms with Crippen LogP contribution in [0.5, 0.6) is 0 Å². The van der Waals surface area contributed by atoms with Crippen LogP contribution in [0.3, 0.4) is 0 Å². The number of hydrogen-bond acceptors (Lipinski definition) is 6. The summed E-state index contributed by atoms with van der Waals surface area (Å²) < 4.78 is 16.6. The zero-order valence-electron chi connectivity index (χ0n) is 41.1. The summed E-state index contributed by atoms with van der Waals surface area (Å²) in [5.74, 6) is -1.15. The van der Waals surface area contributed by atoms with Crippen molar-refractivity contribution >= 4 is 17.9 Å². The number of ether oxygens (including phenoxy) is 3. The molecular weight excluding hydrogens is 817 g/mol. The number of carbonyl (C=O) groups is 3. The molecule has 6 nitrogen and oxygen atoms in total. The van der Waals surface area contributed by atoms with Crippen LogP contribution >= 0.6 is 0 Å². The molecule has 0 radical (unpaired) electrons. The van der Waals surface area contributed by atoms with Gasteiger partial charge in [0.25, 0.3) is 0 Å². The number of esters is 3. The first-order chi connectivity index (χ1) is 32.5. The Morgan fingerprint density at radius 3 is 0.758 bits per heavy atom. The Bertz CT molecular complexity index is 1570. The third kappa shape index (κ3) is 49.5. The third-order valence-corrected chi connectivity index (χ3v) is 9.39. The quantitative estimate of drug-likeness (QED) is 0.0263. The van der Waals surface area contributed by atoms with Crippen LogP contribution in [0.2, 0.25) is 0 Å². The van der Waals surface area contributed by atoms with Gasteiger partial charge in [0, 0.05) is 19.3 Å². The van der Waals surface area contributed by atoms with E-state index in [2.05, 4.69) is 182 Å². The van der Waals surface area contributed by atoms with E-state index < -0.39 is 12.1 Å². The van der Waals surface area contributed by atoms with Gasteiger partial charge in [0.2, 0.25) is 0 Å². The van der Waals surface area contributed by atoms with Crippen LogP contribution < -0.4 is 0 Å². The SMILES string of the molecule is C/C=C/C/C=C/C/C=C/C/C=C/C/C=C/CCCC(=O)OCC(COC(=O)CCC/C=C/C/C=C/C/C=C/C/C=C/C/C=C/C)OC(=O)CCC/C=C/C/C=C/C/C=C/C/C=C/C/C=C/C. The molecule has 0 aromatic rings. The molecule has 0 N–H and O–H groups in total. The molecule has 0 amide bonds. The van der Waals surface area contributed by atoms with Gasteiger partial charge in [-0.05, 0) is 136 Å². The van der Waals surface area contributed by atoms with E-state index >= 15 is 0 Å². The molecule has 66 heavy (non-hydrogen) atoms. The van der Waals surface area contributed by atoms with Crippen LogP contribution in [0.1, 0.15) is 156 Å².